The van der Waals surface area contributed by atoms with E-state index in [9.17, 15) is 0 Å². The Morgan fingerprint density at radius 3 is 2.95 bits per heavy atom. The number of nitrogens with zero attached hydrogens (tertiary/aromatic N) is 2. The number of benzene rings is 2. The van der Waals surface area contributed by atoms with Crippen LogP contribution in [0.5, 0.6) is 11.5 Å². The van der Waals surface area contributed by atoms with Gasteiger partial charge in [-0.1, -0.05) is 23.7 Å². The van der Waals surface area contributed by atoms with Crippen LogP contribution in [-0.2, 0) is 6.54 Å². The number of imidazole rings is 1. The van der Waals surface area contributed by atoms with Gasteiger partial charge in [0.1, 0.15) is 5.52 Å². The Bertz CT molecular complexity index is 844. The fourth-order valence-electron chi connectivity index (χ4n) is 2.52. The third-order valence-corrected chi connectivity index (χ3v) is 3.84. The molecule has 106 valence electrons. The van der Waals surface area contributed by atoms with Crippen LogP contribution in [0.2, 0.25) is 5.02 Å². The van der Waals surface area contributed by atoms with Crippen LogP contribution < -0.4 is 15.2 Å². The molecule has 2 heterocycles. The summed E-state index contributed by atoms with van der Waals surface area (Å²) >= 11 is 6.15. The fraction of sp³-hybridized carbons (Fsp3) is 0.133. The number of nitrogen functional groups attached to an aromatic ring is 1. The molecule has 1 aliphatic rings. The summed E-state index contributed by atoms with van der Waals surface area (Å²) < 4.78 is 12.6. The molecule has 0 fully saturated rings. The predicted molar refractivity (Wildman–Crippen MR) is 80.8 cm³/mol. The standard InChI is InChI=1S/C15H12ClN3O2/c16-10-2-1-3-11-14(10)18-15(17)19(11)7-9-4-5-12-13(6-9)21-8-20-12/h1-6H,7-8H2,(H2,17,18). The van der Waals surface area contributed by atoms with Gasteiger partial charge in [-0.25, -0.2) is 4.98 Å². The summed E-state index contributed by atoms with van der Waals surface area (Å²) in [6.45, 7) is 0.865. The normalized spacial score (nSPS) is 13.0. The number of anilines is 1. The Hall–Kier alpha value is -2.40. The zero-order valence-corrected chi connectivity index (χ0v) is 11.8. The van der Waals surface area contributed by atoms with Crippen LogP contribution in [0.1, 0.15) is 5.56 Å². The zero-order valence-electron chi connectivity index (χ0n) is 11.0. The molecule has 1 aliphatic heterocycles. The molecule has 0 radical (unpaired) electrons. The molecule has 0 unspecified atom stereocenters. The molecule has 0 amide bonds. The monoisotopic (exact) mass is 301 g/mol. The van der Waals surface area contributed by atoms with Gasteiger partial charge in [-0.3, -0.25) is 0 Å². The van der Waals surface area contributed by atoms with Crippen LogP contribution >= 0.6 is 11.6 Å². The lowest BCUT2D eigenvalue weighted by atomic mass is 10.2. The highest BCUT2D eigenvalue weighted by atomic mass is 35.5. The van der Waals surface area contributed by atoms with E-state index in [1.165, 1.54) is 0 Å². The summed E-state index contributed by atoms with van der Waals surface area (Å²) in [7, 11) is 0. The van der Waals surface area contributed by atoms with Gasteiger partial charge in [0.2, 0.25) is 12.7 Å². The van der Waals surface area contributed by atoms with Crippen molar-refractivity contribution in [1.82, 2.24) is 9.55 Å². The number of rotatable bonds is 2. The van der Waals surface area contributed by atoms with E-state index in [-0.39, 0.29) is 6.79 Å². The smallest absolute Gasteiger partial charge is 0.231 e. The first-order chi connectivity index (χ1) is 10.2. The molecular formula is C15H12ClN3O2. The summed E-state index contributed by atoms with van der Waals surface area (Å²) in [5.74, 6) is 1.97. The van der Waals surface area contributed by atoms with Crippen LogP contribution in [0, 0.1) is 0 Å². The van der Waals surface area contributed by atoms with Gasteiger partial charge in [-0.2, -0.15) is 0 Å². The van der Waals surface area contributed by atoms with Crippen LogP contribution in [0.15, 0.2) is 36.4 Å². The number of hydrogen-bond donors (Lipinski definition) is 1. The maximum absolute atomic E-state index is 6.15. The molecule has 4 rings (SSSR count). The Morgan fingerprint density at radius 2 is 2.05 bits per heavy atom. The largest absolute Gasteiger partial charge is 0.454 e. The van der Waals surface area contributed by atoms with Gasteiger partial charge in [0.25, 0.3) is 0 Å². The highest BCUT2D eigenvalue weighted by molar-refractivity contribution is 6.35. The summed E-state index contributed by atoms with van der Waals surface area (Å²) in [6.07, 6.45) is 0. The first kappa shape index (κ1) is 12.3. The minimum absolute atomic E-state index is 0.268. The second kappa shape index (κ2) is 4.56. The van der Waals surface area contributed by atoms with Gasteiger partial charge in [-0.05, 0) is 29.8 Å². The van der Waals surface area contributed by atoms with Crippen LogP contribution in [0.25, 0.3) is 11.0 Å². The van der Waals surface area contributed by atoms with E-state index in [4.69, 9.17) is 26.8 Å². The van der Waals surface area contributed by atoms with Crippen LogP contribution in [-0.4, -0.2) is 16.3 Å². The van der Waals surface area contributed by atoms with E-state index < -0.39 is 0 Å². The van der Waals surface area contributed by atoms with Gasteiger partial charge < -0.3 is 19.8 Å². The van der Waals surface area contributed by atoms with Gasteiger partial charge in [0.15, 0.2) is 11.5 Å². The molecule has 0 saturated heterocycles. The molecule has 21 heavy (non-hydrogen) atoms. The summed E-state index contributed by atoms with van der Waals surface area (Å²) in [4.78, 5) is 4.33. The molecule has 6 heteroatoms. The second-order valence-corrected chi connectivity index (χ2v) is 5.26. The van der Waals surface area contributed by atoms with Gasteiger partial charge in [0, 0.05) is 0 Å². The molecule has 0 spiro atoms. The SMILES string of the molecule is Nc1nc2c(Cl)cccc2n1Cc1ccc2c(c1)OCO2. The third-order valence-electron chi connectivity index (χ3n) is 3.54. The minimum atomic E-state index is 0.268. The molecule has 0 saturated carbocycles. The van der Waals surface area contributed by atoms with E-state index in [1.54, 1.807) is 6.07 Å². The molecular weight excluding hydrogens is 290 g/mol. The van der Waals surface area contributed by atoms with E-state index in [0.29, 0.717) is 17.5 Å². The van der Waals surface area contributed by atoms with E-state index in [0.717, 1.165) is 28.1 Å². The summed E-state index contributed by atoms with van der Waals surface area (Å²) in [5, 5.41) is 0.601. The van der Waals surface area contributed by atoms with Crippen molar-refractivity contribution in [2.24, 2.45) is 0 Å². The van der Waals surface area contributed by atoms with Gasteiger partial charge >= 0.3 is 0 Å². The maximum Gasteiger partial charge on any atom is 0.231 e. The second-order valence-electron chi connectivity index (χ2n) is 4.85. The topological polar surface area (TPSA) is 62.3 Å². The Labute approximate surface area is 125 Å². The number of aromatic nitrogens is 2. The quantitative estimate of drug-likeness (QED) is 0.790. The Morgan fingerprint density at radius 1 is 1.19 bits per heavy atom. The van der Waals surface area contributed by atoms with E-state index >= 15 is 0 Å². The predicted octanol–water partition coefficient (Wildman–Crippen LogP) is 3.05. The molecule has 3 aromatic rings. The number of ether oxygens (including phenoxy) is 2. The lowest BCUT2D eigenvalue weighted by molar-refractivity contribution is 0.174. The average molecular weight is 302 g/mol. The van der Waals surface area contributed by atoms with E-state index in [1.807, 2.05) is 34.9 Å². The van der Waals surface area contributed by atoms with Crippen molar-refractivity contribution < 1.29 is 9.47 Å². The van der Waals surface area contributed by atoms with Crippen molar-refractivity contribution in [3.63, 3.8) is 0 Å². The van der Waals surface area contributed by atoms with Crippen molar-refractivity contribution in [2.45, 2.75) is 6.54 Å². The van der Waals surface area contributed by atoms with Crippen molar-refractivity contribution in [2.75, 3.05) is 12.5 Å². The first-order valence-corrected chi connectivity index (χ1v) is 6.89. The number of para-hydroxylation sites is 1. The highest BCUT2D eigenvalue weighted by Gasteiger charge is 2.15. The molecule has 2 aromatic carbocycles. The molecule has 1 aromatic heterocycles. The molecule has 5 nitrogen and oxygen atoms in total. The highest BCUT2D eigenvalue weighted by Crippen LogP contribution is 2.33. The molecule has 0 aliphatic carbocycles. The van der Waals surface area contributed by atoms with Crippen LogP contribution in [0.4, 0.5) is 5.95 Å². The fourth-order valence-corrected chi connectivity index (χ4v) is 2.73. The molecule has 0 atom stereocenters. The first-order valence-electron chi connectivity index (χ1n) is 6.51. The summed E-state index contributed by atoms with van der Waals surface area (Å²) in [6, 6.07) is 11.5. The maximum atomic E-state index is 6.15. The lowest BCUT2D eigenvalue weighted by Crippen LogP contribution is -2.04. The lowest BCUT2D eigenvalue weighted by Gasteiger charge is -2.07. The number of fused-ring (bicyclic) bond motifs is 2. The number of halogens is 1. The zero-order chi connectivity index (χ0) is 14.4. The minimum Gasteiger partial charge on any atom is -0.454 e. The third kappa shape index (κ3) is 1.97. The van der Waals surface area contributed by atoms with Gasteiger partial charge in [-0.15, -0.1) is 0 Å². The Kier molecular flexibility index (Phi) is 2.68. The Balaban J connectivity index is 1.77. The van der Waals surface area contributed by atoms with Gasteiger partial charge in [0.05, 0.1) is 17.1 Å². The van der Waals surface area contributed by atoms with Crippen molar-refractivity contribution >= 4 is 28.6 Å². The number of hydrogen-bond acceptors (Lipinski definition) is 4. The number of nitrogens with two attached hydrogens (primary N) is 1. The van der Waals surface area contributed by atoms with E-state index in [2.05, 4.69) is 4.98 Å². The summed E-state index contributed by atoms with van der Waals surface area (Å²) in [5.41, 5.74) is 8.71. The van der Waals surface area contributed by atoms with Crippen molar-refractivity contribution in [3.05, 3.63) is 47.0 Å². The van der Waals surface area contributed by atoms with Crippen molar-refractivity contribution in [1.29, 1.82) is 0 Å². The average Bonchev–Trinajstić information content (AvgIpc) is 3.05. The molecule has 2 N–H and O–H groups in total. The van der Waals surface area contributed by atoms with Crippen molar-refractivity contribution in [3.8, 4) is 11.5 Å². The van der Waals surface area contributed by atoms with Crippen LogP contribution in [0.3, 0.4) is 0 Å². The molecule has 0 bridgehead atoms.